The molecule has 0 bridgehead atoms. The third kappa shape index (κ3) is 4.23. The van der Waals surface area contributed by atoms with Crippen molar-refractivity contribution in [1.29, 1.82) is 0 Å². The van der Waals surface area contributed by atoms with E-state index in [4.69, 9.17) is 0 Å². The predicted molar refractivity (Wildman–Crippen MR) is 88.9 cm³/mol. The fraction of sp³-hybridized carbons (Fsp3) is 0.611. The van der Waals surface area contributed by atoms with Gasteiger partial charge in [0, 0.05) is 12.6 Å². The normalized spacial score (nSPS) is 20.4. The van der Waals surface area contributed by atoms with Crippen LogP contribution in [0.2, 0.25) is 0 Å². The fourth-order valence-corrected chi connectivity index (χ4v) is 3.13. The number of urea groups is 1. The Morgan fingerprint density at radius 1 is 1.18 bits per heavy atom. The summed E-state index contributed by atoms with van der Waals surface area (Å²) in [6.45, 7) is 5.05. The van der Waals surface area contributed by atoms with Gasteiger partial charge in [0.2, 0.25) is 0 Å². The zero-order chi connectivity index (χ0) is 15.4. The van der Waals surface area contributed by atoms with Gasteiger partial charge in [-0.3, -0.25) is 4.90 Å². The van der Waals surface area contributed by atoms with E-state index in [-0.39, 0.29) is 12.1 Å². The fourth-order valence-electron chi connectivity index (χ4n) is 3.13. The van der Waals surface area contributed by atoms with Crippen LogP contribution in [0.4, 0.5) is 4.79 Å². The smallest absolute Gasteiger partial charge is 0.315 e. The second-order valence-electron chi connectivity index (χ2n) is 6.65. The number of nitrogens with one attached hydrogen (secondary N) is 2. The molecule has 3 rings (SSSR count). The van der Waals surface area contributed by atoms with Crippen molar-refractivity contribution in [3.63, 3.8) is 0 Å². The van der Waals surface area contributed by atoms with Crippen molar-refractivity contribution in [2.75, 3.05) is 19.6 Å². The standard InChI is InChI=1S/C18H27N3O/c1-14-5-7-15(8-6-14)17(21-11-3-2-4-12-21)13-19-18(22)20-16-9-10-16/h5-8,16-17H,2-4,9-13H2,1H3,(H2,19,20,22)/t17-/m0/s1. The molecule has 1 aliphatic carbocycles. The molecule has 1 aliphatic heterocycles. The highest BCUT2D eigenvalue weighted by molar-refractivity contribution is 5.74. The van der Waals surface area contributed by atoms with Gasteiger partial charge < -0.3 is 10.6 Å². The van der Waals surface area contributed by atoms with Gasteiger partial charge in [-0.05, 0) is 51.3 Å². The molecule has 1 atom stereocenters. The molecular formula is C18H27N3O. The van der Waals surface area contributed by atoms with Crippen molar-refractivity contribution in [2.24, 2.45) is 0 Å². The molecule has 0 unspecified atom stereocenters. The zero-order valence-electron chi connectivity index (χ0n) is 13.5. The van der Waals surface area contributed by atoms with Crippen LogP contribution in [0.3, 0.4) is 0 Å². The number of hydrogen-bond acceptors (Lipinski definition) is 2. The van der Waals surface area contributed by atoms with Crippen molar-refractivity contribution in [3.05, 3.63) is 35.4 Å². The molecule has 120 valence electrons. The van der Waals surface area contributed by atoms with Crippen LogP contribution in [0, 0.1) is 6.92 Å². The van der Waals surface area contributed by atoms with E-state index in [1.165, 1.54) is 30.4 Å². The Morgan fingerprint density at radius 3 is 2.50 bits per heavy atom. The van der Waals surface area contributed by atoms with Crippen LogP contribution < -0.4 is 10.6 Å². The topological polar surface area (TPSA) is 44.4 Å². The molecule has 4 nitrogen and oxygen atoms in total. The van der Waals surface area contributed by atoms with Crippen molar-refractivity contribution >= 4 is 6.03 Å². The average molecular weight is 301 g/mol. The lowest BCUT2D eigenvalue weighted by Crippen LogP contribution is -2.44. The number of carbonyl (C=O) groups excluding carboxylic acids is 1. The average Bonchev–Trinajstić information content (AvgIpc) is 3.34. The zero-order valence-corrected chi connectivity index (χ0v) is 13.5. The maximum Gasteiger partial charge on any atom is 0.315 e. The van der Waals surface area contributed by atoms with Gasteiger partial charge in [0.25, 0.3) is 0 Å². The number of benzene rings is 1. The van der Waals surface area contributed by atoms with E-state index < -0.39 is 0 Å². The second kappa shape index (κ2) is 7.14. The van der Waals surface area contributed by atoms with Gasteiger partial charge >= 0.3 is 6.03 Å². The largest absolute Gasteiger partial charge is 0.336 e. The summed E-state index contributed by atoms with van der Waals surface area (Å²) in [5.41, 5.74) is 2.58. The maximum absolute atomic E-state index is 11.9. The summed E-state index contributed by atoms with van der Waals surface area (Å²) in [6.07, 6.45) is 6.10. The van der Waals surface area contributed by atoms with E-state index in [2.05, 4.69) is 46.7 Å². The number of likely N-dealkylation sites (tertiary alicyclic amines) is 1. The first-order valence-electron chi connectivity index (χ1n) is 8.57. The van der Waals surface area contributed by atoms with Crippen LogP contribution in [-0.4, -0.2) is 36.6 Å². The lowest BCUT2D eigenvalue weighted by Gasteiger charge is -2.35. The number of piperidine rings is 1. The SMILES string of the molecule is Cc1ccc([C@H](CNC(=O)NC2CC2)N2CCCCC2)cc1. The Labute approximate surface area is 133 Å². The molecule has 4 heteroatoms. The van der Waals surface area contributed by atoms with Crippen molar-refractivity contribution in [1.82, 2.24) is 15.5 Å². The number of carbonyl (C=O) groups is 1. The van der Waals surface area contributed by atoms with Crippen LogP contribution in [0.5, 0.6) is 0 Å². The van der Waals surface area contributed by atoms with Gasteiger partial charge in [-0.2, -0.15) is 0 Å². The van der Waals surface area contributed by atoms with Gasteiger partial charge in [0.1, 0.15) is 0 Å². The lowest BCUT2D eigenvalue weighted by atomic mass is 10.0. The Kier molecular flexibility index (Phi) is 4.98. The number of nitrogens with zero attached hydrogens (tertiary/aromatic N) is 1. The molecule has 1 aromatic carbocycles. The van der Waals surface area contributed by atoms with Crippen LogP contribution in [0.15, 0.2) is 24.3 Å². The number of rotatable bonds is 5. The summed E-state index contributed by atoms with van der Waals surface area (Å²) in [5.74, 6) is 0. The summed E-state index contributed by atoms with van der Waals surface area (Å²) in [5, 5.41) is 6.08. The highest BCUT2D eigenvalue weighted by Crippen LogP contribution is 2.24. The lowest BCUT2D eigenvalue weighted by molar-refractivity contribution is 0.160. The van der Waals surface area contributed by atoms with Crippen LogP contribution >= 0.6 is 0 Å². The first kappa shape index (κ1) is 15.3. The molecule has 1 saturated heterocycles. The molecule has 1 aromatic rings. The summed E-state index contributed by atoms with van der Waals surface area (Å²) in [4.78, 5) is 14.4. The van der Waals surface area contributed by atoms with Gasteiger partial charge in [0.05, 0.1) is 6.04 Å². The summed E-state index contributed by atoms with van der Waals surface area (Å²) in [6, 6.07) is 9.41. The van der Waals surface area contributed by atoms with Gasteiger partial charge in [-0.15, -0.1) is 0 Å². The Bertz CT molecular complexity index is 490. The number of hydrogen-bond donors (Lipinski definition) is 2. The van der Waals surface area contributed by atoms with Crippen LogP contribution in [0.1, 0.15) is 49.3 Å². The molecule has 2 aliphatic rings. The van der Waals surface area contributed by atoms with E-state index in [0.29, 0.717) is 12.6 Å². The third-order valence-electron chi connectivity index (χ3n) is 4.66. The molecule has 2 fully saturated rings. The monoisotopic (exact) mass is 301 g/mol. The minimum absolute atomic E-state index is 0.0170. The first-order valence-corrected chi connectivity index (χ1v) is 8.57. The van der Waals surface area contributed by atoms with E-state index in [1.807, 2.05) is 0 Å². The Hall–Kier alpha value is -1.55. The Morgan fingerprint density at radius 2 is 1.86 bits per heavy atom. The molecule has 2 N–H and O–H groups in total. The minimum Gasteiger partial charge on any atom is -0.336 e. The molecule has 0 spiro atoms. The Balaban J connectivity index is 1.64. The van der Waals surface area contributed by atoms with Crippen LogP contribution in [-0.2, 0) is 0 Å². The summed E-state index contributed by atoms with van der Waals surface area (Å²) < 4.78 is 0. The second-order valence-corrected chi connectivity index (χ2v) is 6.65. The molecule has 2 amide bonds. The molecule has 22 heavy (non-hydrogen) atoms. The minimum atomic E-state index is -0.0170. The van der Waals surface area contributed by atoms with Crippen LogP contribution in [0.25, 0.3) is 0 Å². The third-order valence-corrected chi connectivity index (χ3v) is 4.66. The van der Waals surface area contributed by atoms with E-state index in [0.717, 1.165) is 25.9 Å². The van der Waals surface area contributed by atoms with Gasteiger partial charge in [0.15, 0.2) is 0 Å². The molecule has 0 aromatic heterocycles. The molecule has 1 heterocycles. The van der Waals surface area contributed by atoms with Gasteiger partial charge in [-0.25, -0.2) is 4.79 Å². The first-order chi connectivity index (χ1) is 10.7. The molecule has 1 saturated carbocycles. The van der Waals surface area contributed by atoms with Crippen molar-refractivity contribution in [2.45, 2.75) is 51.1 Å². The summed E-state index contributed by atoms with van der Waals surface area (Å²) >= 11 is 0. The maximum atomic E-state index is 11.9. The highest BCUT2D eigenvalue weighted by Gasteiger charge is 2.25. The number of amides is 2. The van der Waals surface area contributed by atoms with E-state index in [9.17, 15) is 4.79 Å². The number of aryl methyl sites for hydroxylation is 1. The van der Waals surface area contributed by atoms with E-state index in [1.54, 1.807) is 0 Å². The van der Waals surface area contributed by atoms with Crippen molar-refractivity contribution < 1.29 is 4.79 Å². The predicted octanol–water partition coefficient (Wildman–Crippen LogP) is 2.98. The quantitative estimate of drug-likeness (QED) is 0.878. The van der Waals surface area contributed by atoms with Crippen molar-refractivity contribution in [3.8, 4) is 0 Å². The summed E-state index contributed by atoms with van der Waals surface area (Å²) in [7, 11) is 0. The molecular weight excluding hydrogens is 274 g/mol. The van der Waals surface area contributed by atoms with Gasteiger partial charge in [-0.1, -0.05) is 36.2 Å². The highest BCUT2D eigenvalue weighted by atomic mass is 16.2. The van der Waals surface area contributed by atoms with E-state index >= 15 is 0 Å². The molecule has 0 radical (unpaired) electrons.